The Morgan fingerprint density at radius 3 is 2.54 bits per heavy atom. The summed E-state index contributed by atoms with van der Waals surface area (Å²) in [5.41, 5.74) is 3.12. The summed E-state index contributed by atoms with van der Waals surface area (Å²) in [4.78, 5) is 52.4. The smallest absolute Gasteiger partial charge is 0.255 e. The second-order valence-electron chi connectivity index (χ2n) is 10.9. The van der Waals surface area contributed by atoms with Gasteiger partial charge in [0, 0.05) is 49.8 Å². The number of benzene rings is 1. The quantitative estimate of drug-likeness (QED) is 0.246. The van der Waals surface area contributed by atoms with Crippen molar-refractivity contribution in [1.82, 2.24) is 10.6 Å². The van der Waals surface area contributed by atoms with E-state index in [1.165, 1.54) is 0 Å². The molecule has 0 bridgehead atoms. The Bertz CT molecular complexity index is 1370. The maximum absolute atomic E-state index is 13.7. The Balaban J connectivity index is 1.60. The highest BCUT2D eigenvalue weighted by Gasteiger charge is 2.60. The molecule has 8 N–H and O–H groups in total. The Morgan fingerprint density at radius 2 is 1.92 bits per heavy atom. The third-order valence-electron chi connectivity index (χ3n) is 8.43. The monoisotopic (exact) mass is 540 g/mol. The van der Waals surface area contributed by atoms with Crippen LogP contribution in [0.2, 0.25) is 0 Å². The third-order valence-corrected chi connectivity index (χ3v) is 8.43. The summed E-state index contributed by atoms with van der Waals surface area (Å²) in [7, 11) is 3.57. The second kappa shape index (κ2) is 9.38. The van der Waals surface area contributed by atoms with Gasteiger partial charge in [-0.05, 0) is 49.8 Å². The van der Waals surface area contributed by atoms with Gasteiger partial charge in [-0.15, -0.1) is 0 Å². The van der Waals surface area contributed by atoms with Crippen molar-refractivity contribution in [2.24, 2.45) is 17.6 Å². The SMILES string of the molecule is CN(C)c1cc(CNC(=O)C2CCCN2)c(O)c2c1C[C@H]1C[C@H]3CC(=O)C(C(N)=O)=C(O)[C@@]3(O)C(=O)C1=C2O. The van der Waals surface area contributed by atoms with E-state index in [2.05, 4.69) is 10.6 Å². The maximum atomic E-state index is 13.7. The van der Waals surface area contributed by atoms with Crippen molar-refractivity contribution in [2.75, 3.05) is 25.5 Å². The molecule has 2 amide bonds. The van der Waals surface area contributed by atoms with Gasteiger partial charge >= 0.3 is 0 Å². The number of phenols is 1. The molecule has 1 aromatic rings. The van der Waals surface area contributed by atoms with Gasteiger partial charge in [-0.25, -0.2) is 0 Å². The molecule has 0 spiro atoms. The van der Waals surface area contributed by atoms with Crippen LogP contribution in [0.4, 0.5) is 5.69 Å². The van der Waals surface area contributed by atoms with Crippen LogP contribution in [0, 0.1) is 11.8 Å². The molecular formula is C27H32N4O8. The molecule has 0 aromatic heterocycles. The number of nitrogens with one attached hydrogen (secondary N) is 2. The van der Waals surface area contributed by atoms with E-state index in [1.54, 1.807) is 25.1 Å². The van der Waals surface area contributed by atoms with Crippen molar-refractivity contribution in [3.8, 4) is 5.75 Å². The number of aromatic hydroxyl groups is 1. The molecule has 5 rings (SSSR count). The molecule has 0 radical (unpaired) electrons. The number of rotatable bonds is 5. The number of carbonyl (C=O) groups excluding carboxylic acids is 4. The van der Waals surface area contributed by atoms with Crippen molar-refractivity contribution >= 4 is 34.8 Å². The summed E-state index contributed by atoms with van der Waals surface area (Å²) < 4.78 is 0. The largest absolute Gasteiger partial charge is 0.508 e. The van der Waals surface area contributed by atoms with Crippen molar-refractivity contribution in [3.05, 3.63) is 39.7 Å². The number of anilines is 1. The molecule has 39 heavy (non-hydrogen) atoms. The summed E-state index contributed by atoms with van der Waals surface area (Å²) in [6, 6.07) is 1.39. The zero-order valence-corrected chi connectivity index (χ0v) is 21.7. The Hall–Kier alpha value is -3.90. The Morgan fingerprint density at radius 1 is 1.21 bits per heavy atom. The maximum Gasteiger partial charge on any atom is 0.255 e. The zero-order valence-electron chi connectivity index (χ0n) is 21.7. The van der Waals surface area contributed by atoms with Crippen LogP contribution in [0.1, 0.15) is 42.4 Å². The molecule has 1 aliphatic heterocycles. The summed E-state index contributed by atoms with van der Waals surface area (Å²) in [5, 5.41) is 50.7. The summed E-state index contributed by atoms with van der Waals surface area (Å²) in [6.45, 7) is 0.715. The standard InChI is InChI=1S/C27H32N4O8/c1-31(2)16-8-12(10-30-26(38)15-4-3-5-29-15)21(33)19-14(16)7-11-6-13-9-17(32)20(25(28)37)24(36)27(13,39)23(35)18(11)22(19)34/h8,11,13,15,29,33-34,36,39H,3-7,9-10H2,1-2H3,(H2,28,37)(H,30,38)/t11-,13+,15?,27+/m1/s1. The van der Waals surface area contributed by atoms with Gasteiger partial charge in [0.15, 0.2) is 11.4 Å². The van der Waals surface area contributed by atoms with Gasteiger partial charge in [0.05, 0.1) is 11.6 Å². The molecule has 2 fully saturated rings. The highest BCUT2D eigenvalue weighted by atomic mass is 16.3. The van der Waals surface area contributed by atoms with E-state index in [4.69, 9.17) is 5.73 Å². The minimum Gasteiger partial charge on any atom is -0.508 e. The number of fused-ring (bicyclic) bond motifs is 3. The lowest BCUT2D eigenvalue weighted by Gasteiger charge is -2.46. The van der Waals surface area contributed by atoms with E-state index < -0.39 is 52.0 Å². The van der Waals surface area contributed by atoms with E-state index in [9.17, 15) is 39.6 Å². The molecular weight excluding hydrogens is 508 g/mol. The van der Waals surface area contributed by atoms with Crippen LogP contribution >= 0.6 is 0 Å². The molecule has 4 aliphatic rings. The van der Waals surface area contributed by atoms with E-state index in [0.29, 0.717) is 23.2 Å². The lowest BCUT2D eigenvalue weighted by atomic mass is 9.59. The second-order valence-corrected chi connectivity index (χ2v) is 10.9. The van der Waals surface area contributed by atoms with Gasteiger partial charge < -0.3 is 41.7 Å². The normalized spacial score (nSPS) is 28.1. The van der Waals surface area contributed by atoms with Gasteiger partial charge in [-0.1, -0.05) is 0 Å². The van der Waals surface area contributed by atoms with Gasteiger partial charge in [0.2, 0.25) is 11.7 Å². The number of phenolic OH excluding ortho intramolecular Hbond substituents is 1. The molecule has 3 aliphatic carbocycles. The average molecular weight is 541 g/mol. The number of primary amides is 1. The average Bonchev–Trinajstić information content (AvgIpc) is 3.40. The Kier molecular flexibility index (Phi) is 6.42. The van der Waals surface area contributed by atoms with Crippen LogP contribution in [-0.2, 0) is 32.1 Å². The van der Waals surface area contributed by atoms with Crippen LogP contribution in [0.25, 0.3) is 5.76 Å². The fourth-order valence-electron chi connectivity index (χ4n) is 6.47. The first-order valence-corrected chi connectivity index (χ1v) is 12.9. The number of Topliss-reactive ketones (excluding diaryl/α,β-unsaturated/α-hetero) is 2. The van der Waals surface area contributed by atoms with Crippen molar-refractivity contribution < 1.29 is 39.6 Å². The van der Waals surface area contributed by atoms with Gasteiger partial charge in [0.25, 0.3) is 5.91 Å². The minimum absolute atomic E-state index is 0.00318. The topological polar surface area (TPSA) is 203 Å². The fourth-order valence-corrected chi connectivity index (χ4v) is 6.47. The van der Waals surface area contributed by atoms with Crippen LogP contribution in [0.3, 0.4) is 0 Å². The van der Waals surface area contributed by atoms with Crippen LogP contribution in [0.15, 0.2) is 23.0 Å². The molecule has 1 saturated carbocycles. The lowest BCUT2D eigenvalue weighted by Crippen LogP contribution is -2.58. The van der Waals surface area contributed by atoms with E-state index >= 15 is 0 Å². The molecule has 1 heterocycles. The molecule has 1 saturated heterocycles. The lowest BCUT2D eigenvalue weighted by molar-refractivity contribution is -0.147. The molecule has 12 nitrogen and oxygen atoms in total. The molecule has 1 unspecified atom stereocenters. The van der Waals surface area contributed by atoms with Gasteiger partial charge in [0.1, 0.15) is 22.8 Å². The predicted molar refractivity (Wildman–Crippen MR) is 139 cm³/mol. The third kappa shape index (κ3) is 3.97. The van der Waals surface area contributed by atoms with Gasteiger partial charge in [-0.2, -0.15) is 0 Å². The number of carbonyl (C=O) groups is 4. The van der Waals surface area contributed by atoms with Crippen molar-refractivity contribution in [3.63, 3.8) is 0 Å². The van der Waals surface area contributed by atoms with Crippen LogP contribution in [-0.4, -0.2) is 76.1 Å². The van der Waals surface area contributed by atoms with Crippen molar-refractivity contribution in [1.29, 1.82) is 0 Å². The Labute approximate surface area is 224 Å². The van der Waals surface area contributed by atoms with E-state index in [1.807, 2.05) is 0 Å². The minimum atomic E-state index is -2.62. The summed E-state index contributed by atoms with van der Waals surface area (Å²) in [5.74, 6) is -6.93. The summed E-state index contributed by atoms with van der Waals surface area (Å²) >= 11 is 0. The number of aliphatic hydroxyl groups excluding tert-OH is 2. The number of nitrogens with zero attached hydrogens (tertiary/aromatic N) is 1. The molecule has 1 aromatic carbocycles. The first-order valence-electron chi connectivity index (χ1n) is 12.9. The molecule has 208 valence electrons. The first-order chi connectivity index (χ1) is 18.4. The van der Waals surface area contributed by atoms with E-state index in [0.717, 1.165) is 13.0 Å². The number of nitrogens with two attached hydrogens (primary N) is 1. The predicted octanol–water partition coefficient (Wildman–Crippen LogP) is -0.142. The molecule has 4 atom stereocenters. The number of hydrogen-bond donors (Lipinski definition) is 7. The number of aliphatic hydroxyl groups is 3. The highest BCUT2D eigenvalue weighted by Crippen LogP contribution is 2.53. The van der Waals surface area contributed by atoms with Crippen molar-refractivity contribution in [2.45, 2.75) is 50.3 Å². The fraction of sp³-hybridized carbons (Fsp3) is 0.481. The van der Waals surface area contributed by atoms with E-state index in [-0.39, 0.29) is 54.6 Å². The van der Waals surface area contributed by atoms with Crippen LogP contribution in [0.5, 0.6) is 5.75 Å². The summed E-state index contributed by atoms with van der Waals surface area (Å²) in [6.07, 6.45) is 1.48. The molecule has 12 heteroatoms. The van der Waals surface area contributed by atoms with Gasteiger partial charge in [-0.3, -0.25) is 19.2 Å². The number of ketones is 2. The first kappa shape index (κ1) is 26.7. The number of hydrogen-bond acceptors (Lipinski definition) is 10. The zero-order chi connectivity index (χ0) is 28.4. The van der Waals surface area contributed by atoms with Crippen LogP contribution < -0.4 is 21.3 Å². The highest BCUT2D eigenvalue weighted by molar-refractivity contribution is 6.22. The number of amides is 2.